The number of guanidine groups is 1. The van der Waals surface area contributed by atoms with Gasteiger partial charge in [-0.05, 0) is 30.9 Å². The fourth-order valence-electron chi connectivity index (χ4n) is 3.44. The lowest BCUT2D eigenvalue weighted by Gasteiger charge is -2.29. The van der Waals surface area contributed by atoms with Gasteiger partial charge in [0.25, 0.3) is 5.56 Å². The first-order chi connectivity index (χ1) is 16.1. The molecule has 0 aliphatic rings. The number of H-pyrrole nitrogens is 1. The Morgan fingerprint density at radius 2 is 1.97 bits per heavy atom. The van der Waals surface area contributed by atoms with E-state index < -0.39 is 27.5 Å². The Bertz CT molecular complexity index is 1180. The number of hydrogen-bond donors (Lipinski definition) is 5. The Morgan fingerprint density at radius 1 is 1.29 bits per heavy atom. The molecule has 0 unspecified atom stereocenters. The lowest BCUT2D eigenvalue weighted by molar-refractivity contribution is -0.119. The first kappa shape index (κ1) is 26.6. The molecule has 2 aromatic rings. The molecule has 1 heterocycles. The van der Waals surface area contributed by atoms with E-state index >= 15 is 0 Å². The van der Waals surface area contributed by atoms with E-state index in [-0.39, 0.29) is 29.5 Å². The monoisotopic (exact) mass is 490 g/mol. The highest BCUT2D eigenvalue weighted by molar-refractivity contribution is 7.91. The van der Waals surface area contributed by atoms with E-state index in [4.69, 9.17) is 11.1 Å². The zero-order valence-electron chi connectivity index (χ0n) is 19.1. The van der Waals surface area contributed by atoms with Crippen molar-refractivity contribution in [1.82, 2.24) is 10.3 Å². The second kappa shape index (κ2) is 12.0. The summed E-state index contributed by atoms with van der Waals surface area (Å²) in [5, 5.41) is 9.82. The van der Waals surface area contributed by atoms with Crippen molar-refractivity contribution < 1.29 is 18.0 Å². The van der Waals surface area contributed by atoms with Crippen molar-refractivity contribution in [3.05, 3.63) is 58.0 Å². The van der Waals surface area contributed by atoms with Gasteiger partial charge in [-0.3, -0.25) is 19.7 Å². The van der Waals surface area contributed by atoms with Gasteiger partial charge in [0, 0.05) is 19.2 Å². The number of nitrogens with zero attached hydrogens (tertiary/aromatic N) is 1. The van der Waals surface area contributed by atoms with E-state index in [1.165, 1.54) is 13.0 Å². The lowest BCUT2D eigenvalue weighted by Crippen LogP contribution is -2.42. The van der Waals surface area contributed by atoms with Gasteiger partial charge in [-0.2, -0.15) is 0 Å². The van der Waals surface area contributed by atoms with Crippen LogP contribution in [0.3, 0.4) is 0 Å². The van der Waals surface area contributed by atoms with Crippen LogP contribution in [0.25, 0.3) is 0 Å². The predicted molar refractivity (Wildman–Crippen MR) is 131 cm³/mol. The topological polar surface area (TPSA) is 178 Å². The molecule has 0 fully saturated rings. The minimum absolute atomic E-state index is 0.00126. The number of aromatic nitrogens is 1. The van der Waals surface area contributed by atoms with Crippen LogP contribution in [-0.4, -0.2) is 44.1 Å². The van der Waals surface area contributed by atoms with Gasteiger partial charge < -0.3 is 25.7 Å². The van der Waals surface area contributed by atoms with Gasteiger partial charge >= 0.3 is 0 Å². The number of aryl methyl sites for hydroxylation is 1. The molecule has 1 aromatic carbocycles. The number of carbonyl (C=O) groups excluding carboxylic acids is 2. The first-order valence-corrected chi connectivity index (χ1v) is 12.4. The number of nitrogens with two attached hydrogens (primary N) is 1. The van der Waals surface area contributed by atoms with Gasteiger partial charge in [-0.1, -0.05) is 37.3 Å². The van der Waals surface area contributed by atoms with Crippen LogP contribution in [-0.2, 0) is 31.8 Å². The van der Waals surface area contributed by atoms with Crippen LogP contribution in [0.4, 0.5) is 11.4 Å². The SMILES string of the molecule is CCc1cc(N(C(C)=O)[C@H](C=O)CCCNC(=N)N)c(NS(=O)(=O)Cc2ccccc2)c(=O)[nH]1. The molecule has 0 aliphatic heterocycles. The molecule has 11 nitrogen and oxygen atoms in total. The Balaban J connectivity index is 2.46. The van der Waals surface area contributed by atoms with Crippen LogP contribution in [0.2, 0.25) is 0 Å². The normalized spacial score (nSPS) is 11.9. The third kappa shape index (κ3) is 7.44. The van der Waals surface area contributed by atoms with Crippen LogP contribution in [0.1, 0.15) is 37.9 Å². The standard InChI is InChI=1S/C22H30N6O5S/c1-3-17-12-19(28(15(2)30)18(13-29)10-7-11-25-22(23)24)20(21(31)26-17)27-34(32,33)14-16-8-5-4-6-9-16/h4-6,8-9,12-13,18,27H,3,7,10-11,14H2,1-2H3,(H,26,31)(H4,23,24,25)/t18-/m0/s1. The molecule has 0 aliphatic carbocycles. The summed E-state index contributed by atoms with van der Waals surface area (Å²) >= 11 is 0. The number of amides is 1. The minimum atomic E-state index is -4.02. The van der Waals surface area contributed by atoms with Crippen LogP contribution in [0.15, 0.2) is 41.2 Å². The van der Waals surface area contributed by atoms with Gasteiger partial charge in [-0.25, -0.2) is 8.42 Å². The molecule has 0 radical (unpaired) electrons. The van der Waals surface area contributed by atoms with Gasteiger partial charge in [-0.15, -0.1) is 0 Å². The summed E-state index contributed by atoms with van der Waals surface area (Å²) in [6.45, 7) is 3.33. The largest absolute Gasteiger partial charge is 0.370 e. The van der Waals surface area contributed by atoms with E-state index in [1.807, 2.05) is 0 Å². The molecular weight excluding hydrogens is 460 g/mol. The number of aldehydes is 1. The first-order valence-electron chi connectivity index (χ1n) is 10.7. The number of rotatable bonds is 12. The molecule has 1 atom stereocenters. The molecule has 12 heteroatoms. The smallest absolute Gasteiger partial charge is 0.274 e. The van der Waals surface area contributed by atoms with Gasteiger partial charge in [0.2, 0.25) is 15.9 Å². The van der Waals surface area contributed by atoms with Gasteiger partial charge in [0.1, 0.15) is 12.0 Å². The highest BCUT2D eigenvalue weighted by Crippen LogP contribution is 2.28. The average Bonchev–Trinajstić information content (AvgIpc) is 2.77. The molecule has 2 rings (SSSR count). The van der Waals surface area contributed by atoms with Crippen LogP contribution in [0.5, 0.6) is 0 Å². The molecular formula is C22H30N6O5S. The van der Waals surface area contributed by atoms with Crippen molar-refractivity contribution in [3.63, 3.8) is 0 Å². The average molecular weight is 491 g/mol. The van der Waals surface area contributed by atoms with E-state index in [9.17, 15) is 22.8 Å². The van der Waals surface area contributed by atoms with Crippen molar-refractivity contribution >= 4 is 39.6 Å². The van der Waals surface area contributed by atoms with E-state index in [2.05, 4.69) is 15.0 Å². The molecule has 1 amide bonds. The Hall–Kier alpha value is -3.67. The highest BCUT2D eigenvalue weighted by Gasteiger charge is 2.28. The van der Waals surface area contributed by atoms with Crippen molar-refractivity contribution in [2.45, 2.75) is 44.9 Å². The van der Waals surface area contributed by atoms with E-state index in [1.54, 1.807) is 37.3 Å². The molecule has 184 valence electrons. The molecule has 0 bridgehead atoms. The maximum Gasteiger partial charge on any atom is 0.274 e. The van der Waals surface area contributed by atoms with Crippen molar-refractivity contribution in [2.24, 2.45) is 5.73 Å². The molecule has 34 heavy (non-hydrogen) atoms. The fourth-order valence-corrected chi connectivity index (χ4v) is 4.65. The molecule has 1 aromatic heterocycles. The Kier molecular flexibility index (Phi) is 9.36. The minimum Gasteiger partial charge on any atom is -0.370 e. The van der Waals surface area contributed by atoms with Crippen LogP contribution < -0.4 is 26.2 Å². The molecule has 6 N–H and O–H groups in total. The van der Waals surface area contributed by atoms with Gasteiger partial charge in [0.05, 0.1) is 17.5 Å². The zero-order chi connectivity index (χ0) is 25.3. The summed E-state index contributed by atoms with van der Waals surface area (Å²) in [4.78, 5) is 41.1. The fraction of sp³-hybridized carbons (Fsp3) is 0.364. The number of pyridine rings is 1. The second-order valence-corrected chi connectivity index (χ2v) is 9.38. The number of carbonyl (C=O) groups is 2. The summed E-state index contributed by atoms with van der Waals surface area (Å²) in [6, 6.07) is 8.97. The number of anilines is 2. The van der Waals surface area contributed by atoms with Gasteiger partial charge in [0.15, 0.2) is 5.96 Å². The third-order valence-corrected chi connectivity index (χ3v) is 6.21. The number of benzene rings is 1. The van der Waals surface area contributed by atoms with E-state index in [0.717, 1.165) is 4.90 Å². The van der Waals surface area contributed by atoms with Crippen molar-refractivity contribution in [2.75, 3.05) is 16.2 Å². The summed E-state index contributed by atoms with van der Waals surface area (Å²) in [6.07, 6.45) is 1.59. The number of aromatic amines is 1. The molecule has 0 saturated carbocycles. The van der Waals surface area contributed by atoms with E-state index in [0.29, 0.717) is 36.9 Å². The van der Waals surface area contributed by atoms with Crippen LogP contribution in [0, 0.1) is 5.41 Å². The highest BCUT2D eigenvalue weighted by atomic mass is 32.2. The lowest BCUT2D eigenvalue weighted by atomic mass is 10.1. The van der Waals surface area contributed by atoms with Crippen molar-refractivity contribution in [1.29, 1.82) is 5.41 Å². The maximum atomic E-state index is 12.9. The summed E-state index contributed by atoms with van der Waals surface area (Å²) in [5.41, 5.74) is 5.19. The summed E-state index contributed by atoms with van der Waals surface area (Å²) in [7, 11) is -4.02. The summed E-state index contributed by atoms with van der Waals surface area (Å²) < 4.78 is 28.0. The maximum absolute atomic E-state index is 12.9. The quantitative estimate of drug-likeness (QED) is 0.128. The number of sulfonamides is 1. The Morgan fingerprint density at radius 3 is 2.53 bits per heavy atom. The number of nitrogens with one attached hydrogen (secondary N) is 4. The predicted octanol–water partition coefficient (Wildman–Crippen LogP) is 1.06. The number of hydrogen-bond acceptors (Lipinski definition) is 6. The molecule has 0 spiro atoms. The zero-order valence-corrected chi connectivity index (χ0v) is 19.9. The summed E-state index contributed by atoms with van der Waals surface area (Å²) in [5.74, 6) is -1.13. The van der Waals surface area contributed by atoms with Crippen LogP contribution >= 0.6 is 0 Å². The Labute approximate surface area is 198 Å². The third-order valence-electron chi connectivity index (χ3n) is 4.99. The van der Waals surface area contributed by atoms with Crippen molar-refractivity contribution in [3.8, 4) is 0 Å². The second-order valence-electron chi connectivity index (χ2n) is 7.66. The molecule has 0 saturated heterocycles.